The quantitative estimate of drug-likeness (QED) is 0.297. The number of halogens is 2. The van der Waals surface area contributed by atoms with Gasteiger partial charge in [0.2, 0.25) is 0 Å². The number of methoxy groups -OCH3 is 2. The van der Waals surface area contributed by atoms with Gasteiger partial charge in [0.25, 0.3) is 11.8 Å². The smallest absolute Gasteiger partial charge is 0.270 e. The van der Waals surface area contributed by atoms with Crippen LogP contribution in [0.3, 0.4) is 0 Å². The third-order valence-electron chi connectivity index (χ3n) is 4.84. The molecule has 0 radical (unpaired) electrons. The van der Waals surface area contributed by atoms with Gasteiger partial charge < -0.3 is 13.9 Å². The lowest BCUT2D eigenvalue weighted by molar-refractivity contribution is -0.122. The summed E-state index contributed by atoms with van der Waals surface area (Å²) in [6, 6.07) is 13.2. The SMILES string of the molecule is COc1ccc(N2C(=O)/C(=C\c3ccc(-c4ccc(Cl)cc4Cl)o3)C(=O)NC2=S)c(OC)c1. The number of anilines is 1. The normalized spacial score (nSPS) is 15.1. The van der Waals surface area contributed by atoms with Crippen molar-refractivity contribution in [1.29, 1.82) is 0 Å². The first-order valence-corrected chi connectivity index (χ1v) is 10.7. The Kier molecular flexibility index (Phi) is 6.42. The molecule has 0 spiro atoms. The topological polar surface area (TPSA) is 81.0 Å². The molecule has 1 aliphatic rings. The molecule has 33 heavy (non-hydrogen) atoms. The number of amides is 2. The van der Waals surface area contributed by atoms with Gasteiger partial charge in [0, 0.05) is 16.7 Å². The van der Waals surface area contributed by atoms with Gasteiger partial charge in [-0.05, 0) is 60.8 Å². The number of benzene rings is 2. The van der Waals surface area contributed by atoms with Crippen molar-refractivity contribution in [3.05, 3.63) is 69.9 Å². The maximum Gasteiger partial charge on any atom is 0.270 e. The molecule has 1 N–H and O–H groups in total. The van der Waals surface area contributed by atoms with Gasteiger partial charge in [-0.2, -0.15) is 0 Å². The Morgan fingerprint density at radius 3 is 2.52 bits per heavy atom. The summed E-state index contributed by atoms with van der Waals surface area (Å²) < 4.78 is 16.4. The summed E-state index contributed by atoms with van der Waals surface area (Å²) in [5, 5.41) is 3.36. The molecule has 3 aromatic rings. The second kappa shape index (κ2) is 9.27. The highest BCUT2D eigenvalue weighted by Crippen LogP contribution is 2.35. The average Bonchev–Trinajstić information content (AvgIpc) is 3.25. The highest BCUT2D eigenvalue weighted by atomic mass is 35.5. The van der Waals surface area contributed by atoms with E-state index in [1.165, 1.54) is 25.2 Å². The molecule has 0 unspecified atom stereocenters. The van der Waals surface area contributed by atoms with Crippen LogP contribution in [0.15, 0.2) is 58.5 Å². The summed E-state index contributed by atoms with van der Waals surface area (Å²) in [6.07, 6.45) is 1.34. The Balaban J connectivity index is 1.70. The Bertz CT molecular complexity index is 1320. The minimum Gasteiger partial charge on any atom is -0.497 e. The van der Waals surface area contributed by atoms with Gasteiger partial charge in [-0.1, -0.05) is 23.2 Å². The average molecular weight is 503 g/mol. The van der Waals surface area contributed by atoms with Crippen molar-refractivity contribution in [2.75, 3.05) is 19.1 Å². The van der Waals surface area contributed by atoms with E-state index in [0.717, 1.165) is 0 Å². The van der Waals surface area contributed by atoms with Crippen LogP contribution in [0.1, 0.15) is 5.76 Å². The molecule has 1 aliphatic heterocycles. The second-order valence-corrected chi connectivity index (χ2v) is 8.05. The second-order valence-electron chi connectivity index (χ2n) is 6.82. The first kappa shape index (κ1) is 22.8. The molecule has 10 heteroatoms. The van der Waals surface area contributed by atoms with Gasteiger partial charge in [0.1, 0.15) is 28.6 Å². The van der Waals surface area contributed by atoms with E-state index in [4.69, 9.17) is 49.3 Å². The van der Waals surface area contributed by atoms with E-state index in [0.29, 0.717) is 38.6 Å². The third-order valence-corrected chi connectivity index (χ3v) is 5.67. The molecule has 0 aliphatic carbocycles. The molecule has 2 aromatic carbocycles. The highest BCUT2D eigenvalue weighted by molar-refractivity contribution is 7.80. The van der Waals surface area contributed by atoms with E-state index in [2.05, 4.69) is 5.32 Å². The van der Waals surface area contributed by atoms with Gasteiger partial charge in [0.15, 0.2) is 5.11 Å². The minimum absolute atomic E-state index is 0.0707. The summed E-state index contributed by atoms with van der Waals surface area (Å²) in [6.45, 7) is 0. The molecule has 1 aromatic heterocycles. The van der Waals surface area contributed by atoms with Gasteiger partial charge in [-0.25, -0.2) is 4.90 Å². The van der Waals surface area contributed by atoms with Crippen LogP contribution in [-0.4, -0.2) is 31.1 Å². The molecule has 1 fully saturated rings. The molecule has 0 bridgehead atoms. The minimum atomic E-state index is -0.642. The molecular weight excluding hydrogens is 487 g/mol. The molecule has 1 saturated heterocycles. The van der Waals surface area contributed by atoms with Crippen molar-refractivity contribution >= 4 is 64.1 Å². The van der Waals surface area contributed by atoms with Crippen LogP contribution in [0.4, 0.5) is 5.69 Å². The predicted molar refractivity (Wildman–Crippen MR) is 130 cm³/mol. The van der Waals surface area contributed by atoms with E-state index in [-0.39, 0.29) is 16.4 Å². The predicted octanol–water partition coefficient (Wildman–Crippen LogP) is 5.10. The first-order valence-electron chi connectivity index (χ1n) is 9.51. The number of ether oxygens (including phenoxy) is 2. The number of rotatable bonds is 5. The maximum absolute atomic E-state index is 13.3. The van der Waals surface area contributed by atoms with Crippen molar-refractivity contribution in [1.82, 2.24) is 5.32 Å². The lowest BCUT2D eigenvalue weighted by atomic mass is 10.1. The van der Waals surface area contributed by atoms with Crippen molar-refractivity contribution < 1.29 is 23.5 Å². The molecule has 2 amide bonds. The van der Waals surface area contributed by atoms with Gasteiger partial charge in [-0.15, -0.1) is 0 Å². The van der Waals surface area contributed by atoms with E-state index < -0.39 is 11.8 Å². The molecule has 2 heterocycles. The summed E-state index contributed by atoms with van der Waals surface area (Å²) in [4.78, 5) is 27.0. The van der Waals surface area contributed by atoms with Crippen LogP contribution in [0, 0.1) is 0 Å². The van der Waals surface area contributed by atoms with E-state index in [9.17, 15) is 9.59 Å². The van der Waals surface area contributed by atoms with Crippen molar-refractivity contribution in [3.8, 4) is 22.8 Å². The first-order chi connectivity index (χ1) is 15.8. The zero-order valence-corrected chi connectivity index (χ0v) is 19.7. The number of nitrogens with one attached hydrogen (secondary N) is 1. The largest absolute Gasteiger partial charge is 0.497 e. The lowest BCUT2D eigenvalue weighted by Crippen LogP contribution is -2.54. The summed E-state index contributed by atoms with van der Waals surface area (Å²) in [7, 11) is 2.97. The van der Waals surface area contributed by atoms with E-state index in [1.807, 2.05) is 0 Å². The number of nitrogens with zero attached hydrogens (tertiary/aromatic N) is 1. The molecule has 4 rings (SSSR count). The standard InChI is InChI=1S/C23H16Cl2N2O5S/c1-30-13-4-7-18(20(11-13)31-2)27-22(29)16(21(28)26-23(27)33)10-14-5-8-19(32-14)15-6-3-12(24)9-17(15)25/h3-11H,1-2H3,(H,26,28,33)/b16-10-. The number of carbonyl (C=O) groups excluding carboxylic acids is 2. The monoisotopic (exact) mass is 502 g/mol. The number of thiocarbonyl (C=S) groups is 1. The van der Waals surface area contributed by atoms with Crippen molar-refractivity contribution in [2.24, 2.45) is 0 Å². The van der Waals surface area contributed by atoms with Crippen LogP contribution in [0.25, 0.3) is 17.4 Å². The third kappa shape index (κ3) is 4.45. The number of carbonyl (C=O) groups is 2. The van der Waals surface area contributed by atoms with Crippen LogP contribution in [-0.2, 0) is 9.59 Å². The fourth-order valence-electron chi connectivity index (χ4n) is 3.25. The fraction of sp³-hybridized carbons (Fsp3) is 0.0870. The number of hydrogen-bond acceptors (Lipinski definition) is 6. The highest BCUT2D eigenvalue weighted by Gasteiger charge is 2.36. The van der Waals surface area contributed by atoms with Gasteiger partial charge in [-0.3, -0.25) is 14.9 Å². The van der Waals surface area contributed by atoms with E-state index in [1.54, 1.807) is 48.5 Å². The van der Waals surface area contributed by atoms with Crippen LogP contribution in [0.2, 0.25) is 10.0 Å². The number of furan rings is 1. The van der Waals surface area contributed by atoms with Gasteiger partial charge in [0.05, 0.1) is 24.9 Å². The van der Waals surface area contributed by atoms with Crippen LogP contribution >= 0.6 is 35.4 Å². The summed E-state index contributed by atoms with van der Waals surface area (Å²) >= 11 is 17.4. The van der Waals surface area contributed by atoms with Crippen LogP contribution < -0.4 is 19.7 Å². The fourth-order valence-corrected chi connectivity index (χ4v) is 4.03. The lowest BCUT2D eigenvalue weighted by Gasteiger charge is -2.29. The van der Waals surface area contributed by atoms with Crippen molar-refractivity contribution in [2.45, 2.75) is 0 Å². The Labute approximate surface area is 204 Å². The Morgan fingerprint density at radius 1 is 1.03 bits per heavy atom. The molecule has 168 valence electrons. The zero-order chi connectivity index (χ0) is 23.7. The van der Waals surface area contributed by atoms with Crippen molar-refractivity contribution in [3.63, 3.8) is 0 Å². The Morgan fingerprint density at radius 2 is 1.82 bits per heavy atom. The summed E-state index contributed by atoms with van der Waals surface area (Å²) in [5.41, 5.74) is 0.813. The zero-order valence-electron chi connectivity index (χ0n) is 17.3. The number of hydrogen-bond donors (Lipinski definition) is 1. The maximum atomic E-state index is 13.3. The molecule has 0 saturated carbocycles. The van der Waals surface area contributed by atoms with Gasteiger partial charge >= 0.3 is 0 Å². The molecule has 7 nitrogen and oxygen atoms in total. The molecule has 0 atom stereocenters. The molecular formula is C23H16Cl2N2O5S. The Hall–Kier alpha value is -3.33. The summed E-state index contributed by atoms with van der Waals surface area (Å²) in [5.74, 6) is 0.347. The van der Waals surface area contributed by atoms with Crippen LogP contribution in [0.5, 0.6) is 11.5 Å². The van der Waals surface area contributed by atoms with E-state index >= 15 is 0 Å².